The van der Waals surface area contributed by atoms with Gasteiger partial charge in [0, 0.05) is 60.1 Å². The van der Waals surface area contributed by atoms with Crippen molar-refractivity contribution in [3.05, 3.63) is 43.1 Å². The largest absolute Gasteiger partial charge is 0.379 e. The van der Waals surface area contributed by atoms with E-state index in [1.165, 1.54) is 0 Å². The molecule has 28 heavy (non-hydrogen) atoms. The second kappa shape index (κ2) is 7.24. The lowest BCUT2D eigenvalue weighted by Gasteiger charge is -2.28. The van der Waals surface area contributed by atoms with Gasteiger partial charge in [-0.2, -0.15) is 4.98 Å². The molecule has 1 fully saturated rings. The number of fused-ring (bicyclic) bond motifs is 2. The Kier molecular flexibility index (Phi) is 4.44. The summed E-state index contributed by atoms with van der Waals surface area (Å²) in [7, 11) is 0. The summed E-state index contributed by atoms with van der Waals surface area (Å²) in [6.07, 6.45) is 14.5. The second-order valence-corrected chi connectivity index (χ2v) is 7.34. The summed E-state index contributed by atoms with van der Waals surface area (Å²) in [4.78, 5) is 16.9. The highest BCUT2D eigenvalue weighted by Gasteiger charge is 2.22. The number of H-pyrrole nitrogens is 1. The maximum absolute atomic E-state index is 5.74. The molecule has 0 amide bonds. The van der Waals surface area contributed by atoms with Gasteiger partial charge in [-0.25, -0.2) is 9.97 Å². The molecule has 144 valence electrons. The van der Waals surface area contributed by atoms with Crippen LogP contribution in [0.3, 0.4) is 0 Å². The normalized spacial score (nSPS) is 20.0. The number of anilines is 1. The van der Waals surface area contributed by atoms with Crippen LogP contribution in [-0.4, -0.2) is 43.1 Å². The lowest BCUT2D eigenvalue weighted by Crippen LogP contribution is -2.30. The Hall–Kier alpha value is -2.93. The summed E-state index contributed by atoms with van der Waals surface area (Å²) in [5.41, 5.74) is 3.98. The van der Waals surface area contributed by atoms with Gasteiger partial charge in [0.1, 0.15) is 11.3 Å². The lowest BCUT2D eigenvalue weighted by molar-refractivity contribution is 0.0346. The molecule has 7 heteroatoms. The van der Waals surface area contributed by atoms with Gasteiger partial charge in [-0.1, -0.05) is 0 Å². The number of ether oxygens (including phenoxy) is 1. The second-order valence-electron chi connectivity index (χ2n) is 7.34. The van der Waals surface area contributed by atoms with Crippen molar-refractivity contribution in [1.29, 1.82) is 0 Å². The quantitative estimate of drug-likeness (QED) is 0.550. The minimum atomic E-state index is 0.408. The fourth-order valence-corrected chi connectivity index (χ4v) is 4.09. The van der Waals surface area contributed by atoms with Gasteiger partial charge in [-0.15, -0.1) is 0 Å². The highest BCUT2D eigenvalue weighted by atomic mass is 16.5. The third kappa shape index (κ3) is 3.22. The molecular weight excluding hydrogens is 352 g/mol. The van der Waals surface area contributed by atoms with Crippen LogP contribution >= 0.6 is 0 Å². The molecule has 7 nitrogen and oxygen atoms in total. The van der Waals surface area contributed by atoms with Gasteiger partial charge >= 0.3 is 0 Å². The van der Waals surface area contributed by atoms with E-state index in [-0.39, 0.29) is 0 Å². The first kappa shape index (κ1) is 17.2. The number of aromatic nitrogens is 5. The molecule has 4 aromatic rings. The van der Waals surface area contributed by atoms with Gasteiger partial charge in [0.25, 0.3) is 0 Å². The van der Waals surface area contributed by atoms with E-state index < -0.39 is 0 Å². The van der Waals surface area contributed by atoms with Crippen molar-refractivity contribution in [1.82, 2.24) is 24.3 Å². The van der Waals surface area contributed by atoms with Crippen molar-refractivity contribution < 1.29 is 4.74 Å². The Balaban J connectivity index is 1.35. The molecule has 1 aliphatic rings. The van der Waals surface area contributed by atoms with Crippen LogP contribution in [0.4, 0.5) is 5.95 Å². The molecule has 0 saturated heterocycles. The number of aromatic amines is 1. The summed E-state index contributed by atoms with van der Waals surface area (Å²) in [6, 6.07) is 4.50. The van der Waals surface area contributed by atoms with Crippen LogP contribution in [0, 0.1) is 0 Å². The molecule has 5 rings (SSSR count). The fourth-order valence-electron chi connectivity index (χ4n) is 4.09. The average Bonchev–Trinajstić information content (AvgIpc) is 3.35. The first-order valence-corrected chi connectivity index (χ1v) is 9.95. The zero-order valence-electron chi connectivity index (χ0n) is 15.9. The first-order chi connectivity index (χ1) is 13.8. The van der Waals surface area contributed by atoms with E-state index in [2.05, 4.69) is 39.5 Å². The Morgan fingerprint density at radius 1 is 1.21 bits per heavy atom. The van der Waals surface area contributed by atoms with Crippen LogP contribution in [0.2, 0.25) is 0 Å². The van der Waals surface area contributed by atoms with E-state index >= 15 is 0 Å². The van der Waals surface area contributed by atoms with Gasteiger partial charge < -0.3 is 19.4 Å². The third-order valence-corrected chi connectivity index (χ3v) is 5.54. The van der Waals surface area contributed by atoms with Crippen molar-refractivity contribution >= 4 is 22.6 Å². The number of nitrogens with zero attached hydrogens (tertiary/aromatic N) is 4. The Labute approximate surface area is 163 Å². The Morgan fingerprint density at radius 2 is 2.11 bits per heavy atom. The first-order valence-electron chi connectivity index (χ1n) is 9.95. The topological polar surface area (TPSA) is 80.1 Å². The molecule has 1 saturated carbocycles. The SMILES string of the molecule is CCOC1CCC(Nc2ncc3c(-c4ccc5nccn5c4)c[nH]c3n2)CC1. The van der Waals surface area contributed by atoms with Gasteiger partial charge in [0.2, 0.25) is 5.95 Å². The molecule has 0 spiro atoms. The van der Waals surface area contributed by atoms with Gasteiger partial charge in [0.05, 0.1) is 6.10 Å². The summed E-state index contributed by atoms with van der Waals surface area (Å²) >= 11 is 0. The molecule has 2 N–H and O–H groups in total. The van der Waals surface area contributed by atoms with Crippen LogP contribution in [0.1, 0.15) is 32.6 Å². The van der Waals surface area contributed by atoms with Crippen molar-refractivity contribution in [2.24, 2.45) is 0 Å². The van der Waals surface area contributed by atoms with Crippen molar-refractivity contribution in [2.45, 2.75) is 44.8 Å². The van der Waals surface area contributed by atoms with Crippen LogP contribution in [0.25, 0.3) is 27.8 Å². The zero-order chi connectivity index (χ0) is 18.9. The number of hydrogen-bond donors (Lipinski definition) is 2. The molecule has 0 aliphatic heterocycles. The zero-order valence-corrected chi connectivity index (χ0v) is 15.9. The van der Waals surface area contributed by atoms with Gasteiger partial charge in [-0.3, -0.25) is 0 Å². The van der Waals surface area contributed by atoms with Crippen molar-refractivity contribution in [2.75, 3.05) is 11.9 Å². The van der Waals surface area contributed by atoms with Gasteiger partial charge in [-0.05, 0) is 44.7 Å². The van der Waals surface area contributed by atoms with Gasteiger partial charge in [0.15, 0.2) is 0 Å². The summed E-state index contributed by atoms with van der Waals surface area (Å²) in [5.74, 6) is 0.686. The number of pyridine rings is 1. The Morgan fingerprint density at radius 3 is 2.96 bits per heavy atom. The molecule has 4 aromatic heterocycles. The molecule has 0 atom stereocenters. The standard InChI is InChI=1S/C21H24N6O/c1-2-28-16-6-4-15(5-7-16)25-21-24-12-18-17(11-23-20(18)26-21)14-3-8-19-22-9-10-27(19)13-14/h3,8-13,15-16H,2,4-7H2,1H3,(H2,23,24,25,26). The smallest absolute Gasteiger partial charge is 0.224 e. The van der Waals surface area contributed by atoms with Crippen LogP contribution in [-0.2, 0) is 4.74 Å². The lowest BCUT2D eigenvalue weighted by atomic mass is 9.93. The maximum atomic E-state index is 5.74. The highest BCUT2D eigenvalue weighted by Crippen LogP contribution is 2.29. The van der Waals surface area contributed by atoms with E-state index in [9.17, 15) is 0 Å². The summed E-state index contributed by atoms with van der Waals surface area (Å²) in [6.45, 7) is 2.86. The Bertz CT molecular complexity index is 1090. The minimum Gasteiger partial charge on any atom is -0.379 e. The molecule has 1 aliphatic carbocycles. The molecule has 4 heterocycles. The summed E-state index contributed by atoms with van der Waals surface area (Å²) in [5, 5.41) is 4.51. The highest BCUT2D eigenvalue weighted by molar-refractivity contribution is 5.93. The van der Waals surface area contributed by atoms with Crippen molar-refractivity contribution in [3.63, 3.8) is 0 Å². The minimum absolute atomic E-state index is 0.408. The average molecular weight is 376 g/mol. The van der Waals surface area contributed by atoms with E-state index in [4.69, 9.17) is 9.72 Å². The van der Waals surface area contributed by atoms with Crippen LogP contribution in [0.5, 0.6) is 0 Å². The van der Waals surface area contributed by atoms with E-state index in [0.29, 0.717) is 18.1 Å². The van der Waals surface area contributed by atoms with Crippen LogP contribution in [0.15, 0.2) is 43.1 Å². The molecule has 0 radical (unpaired) electrons. The van der Waals surface area contributed by atoms with Crippen molar-refractivity contribution in [3.8, 4) is 11.1 Å². The van der Waals surface area contributed by atoms with E-state index in [1.54, 1.807) is 6.20 Å². The van der Waals surface area contributed by atoms with E-state index in [1.807, 2.05) is 29.1 Å². The number of hydrogen-bond acceptors (Lipinski definition) is 5. The number of nitrogens with one attached hydrogen (secondary N) is 2. The predicted molar refractivity (Wildman–Crippen MR) is 109 cm³/mol. The molecular formula is C21H24N6O. The number of rotatable bonds is 5. The van der Waals surface area contributed by atoms with Crippen LogP contribution < -0.4 is 5.32 Å². The third-order valence-electron chi connectivity index (χ3n) is 5.54. The fraction of sp³-hybridized carbons (Fsp3) is 0.381. The molecule has 0 aromatic carbocycles. The van der Waals surface area contributed by atoms with E-state index in [0.717, 1.165) is 60.1 Å². The molecule has 0 unspecified atom stereocenters. The summed E-state index contributed by atoms with van der Waals surface area (Å²) < 4.78 is 7.75. The number of imidazole rings is 1. The molecule has 0 bridgehead atoms. The predicted octanol–water partition coefficient (Wildman–Crippen LogP) is 4.03. The maximum Gasteiger partial charge on any atom is 0.224 e. The monoisotopic (exact) mass is 376 g/mol.